The number of nitrogens with one attached hydrogen (secondary N) is 1. The van der Waals surface area contributed by atoms with Gasteiger partial charge in [-0.25, -0.2) is 0 Å². The molecular formula is C14H16N4O2. The van der Waals surface area contributed by atoms with Crippen molar-refractivity contribution >= 4 is 11.7 Å². The van der Waals surface area contributed by atoms with Gasteiger partial charge in [-0.2, -0.15) is 0 Å². The molecule has 6 heteroatoms. The van der Waals surface area contributed by atoms with Crippen LogP contribution in [0.25, 0.3) is 0 Å². The van der Waals surface area contributed by atoms with E-state index in [4.69, 9.17) is 10.5 Å². The number of aromatic nitrogens is 2. The lowest BCUT2D eigenvalue weighted by atomic mass is 10.3. The molecule has 3 N–H and O–H groups in total. The third-order valence-corrected chi connectivity index (χ3v) is 2.54. The molecule has 0 aliphatic carbocycles. The summed E-state index contributed by atoms with van der Waals surface area (Å²) in [5.74, 6) is 0.846. The van der Waals surface area contributed by atoms with Crippen LogP contribution in [0.2, 0.25) is 0 Å². The standard InChI is InChI=1S/C14H16N4O2/c15-13-8-7-12(17-18-13)14(19)16-9-4-10-20-11-5-2-1-3-6-11/h1-3,5-8H,4,9-10H2,(H2,15,18)(H,16,19). The fourth-order valence-electron chi connectivity index (χ4n) is 1.54. The first-order valence-corrected chi connectivity index (χ1v) is 6.31. The van der Waals surface area contributed by atoms with E-state index in [9.17, 15) is 4.79 Å². The van der Waals surface area contributed by atoms with Crippen LogP contribution in [0.4, 0.5) is 5.82 Å². The van der Waals surface area contributed by atoms with E-state index in [1.54, 1.807) is 6.07 Å². The van der Waals surface area contributed by atoms with Crippen molar-refractivity contribution in [2.45, 2.75) is 6.42 Å². The average molecular weight is 272 g/mol. The van der Waals surface area contributed by atoms with E-state index < -0.39 is 0 Å². The third kappa shape index (κ3) is 4.24. The Labute approximate surface area is 117 Å². The lowest BCUT2D eigenvalue weighted by Crippen LogP contribution is -2.26. The number of para-hydroxylation sites is 1. The highest BCUT2D eigenvalue weighted by molar-refractivity contribution is 5.92. The fraction of sp³-hybridized carbons (Fsp3) is 0.214. The summed E-state index contributed by atoms with van der Waals surface area (Å²) in [5, 5.41) is 10.1. The van der Waals surface area contributed by atoms with E-state index in [1.165, 1.54) is 6.07 Å². The summed E-state index contributed by atoms with van der Waals surface area (Å²) >= 11 is 0. The average Bonchev–Trinajstić information content (AvgIpc) is 2.48. The lowest BCUT2D eigenvalue weighted by Gasteiger charge is -2.06. The first-order valence-electron chi connectivity index (χ1n) is 6.31. The van der Waals surface area contributed by atoms with Crippen LogP contribution in [0.3, 0.4) is 0 Å². The largest absolute Gasteiger partial charge is 0.494 e. The molecule has 1 amide bonds. The molecule has 6 nitrogen and oxygen atoms in total. The monoisotopic (exact) mass is 272 g/mol. The molecule has 1 heterocycles. The quantitative estimate of drug-likeness (QED) is 0.772. The molecule has 0 unspecified atom stereocenters. The van der Waals surface area contributed by atoms with Crippen LogP contribution in [0.1, 0.15) is 16.9 Å². The van der Waals surface area contributed by atoms with Crippen molar-refractivity contribution in [1.29, 1.82) is 0 Å². The molecule has 104 valence electrons. The first kappa shape index (κ1) is 13.8. The Morgan fingerprint density at radius 3 is 2.65 bits per heavy atom. The van der Waals surface area contributed by atoms with Crippen LogP contribution in [0.15, 0.2) is 42.5 Å². The van der Waals surface area contributed by atoms with Crippen molar-refractivity contribution in [2.75, 3.05) is 18.9 Å². The molecule has 2 aromatic rings. The van der Waals surface area contributed by atoms with Crippen molar-refractivity contribution in [3.63, 3.8) is 0 Å². The second-order valence-corrected chi connectivity index (χ2v) is 4.11. The van der Waals surface area contributed by atoms with Crippen LogP contribution in [-0.2, 0) is 0 Å². The van der Waals surface area contributed by atoms with Gasteiger partial charge >= 0.3 is 0 Å². The maximum atomic E-state index is 11.7. The van der Waals surface area contributed by atoms with Gasteiger partial charge in [0.15, 0.2) is 5.69 Å². The van der Waals surface area contributed by atoms with E-state index in [0.29, 0.717) is 19.6 Å². The summed E-state index contributed by atoms with van der Waals surface area (Å²) in [5.41, 5.74) is 5.65. The Kier molecular flexibility index (Phi) is 4.88. The van der Waals surface area contributed by atoms with Crippen LogP contribution >= 0.6 is 0 Å². The zero-order chi connectivity index (χ0) is 14.2. The summed E-state index contributed by atoms with van der Waals surface area (Å²) in [4.78, 5) is 11.7. The molecule has 0 atom stereocenters. The van der Waals surface area contributed by atoms with Gasteiger partial charge in [0.25, 0.3) is 5.91 Å². The predicted molar refractivity (Wildman–Crippen MR) is 75.3 cm³/mol. The van der Waals surface area contributed by atoms with E-state index >= 15 is 0 Å². The Bertz CT molecular complexity index is 543. The highest BCUT2D eigenvalue weighted by atomic mass is 16.5. The number of rotatable bonds is 6. The number of carbonyl (C=O) groups excluding carboxylic acids is 1. The topological polar surface area (TPSA) is 90.1 Å². The molecule has 2 rings (SSSR count). The maximum absolute atomic E-state index is 11.7. The molecule has 20 heavy (non-hydrogen) atoms. The minimum absolute atomic E-state index is 0.253. The molecule has 0 saturated carbocycles. The molecule has 0 bridgehead atoms. The van der Waals surface area contributed by atoms with E-state index in [1.807, 2.05) is 30.3 Å². The molecule has 0 spiro atoms. The summed E-state index contributed by atoms with van der Waals surface area (Å²) < 4.78 is 5.51. The normalized spacial score (nSPS) is 10.0. The van der Waals surface area contributed by atoms with Gasteiger partial charge in [-0.05, 0) is 30.7 Å². The van der Waals surface area contributed by atoms with Gasteiger partial charge in [-0.1, -0.05) is 18.2 Å². The van der Waals surface area contributed by atoms with Gasteiger partial charge in [0.1, 0.15) is 11.6 Å². The first-order chi connectivity index (χ1) is 9.75. The second-order valence-electron chi connectivity index (χ2n) is 4.11. The van der Waals surface area contributed by atoms with Gasteiger partial charge < -0.3 is 15.8 Å². The number of nitrogen functional groups attached to an aromatic ring is 1. The summed E-state index contributed by atoms with van der Waals surface area (Å²) in [6, 6.07) is 12.6. The number of benzene rings is 1. The molecule has 0 radical (unpaired) electrons. The summed E-state index contributed by atoms with van der Waals surface area (Å²) in [6.45, 7) is 1.05. The van der Waals surface area contributed by atoms with E-state index in [2.05, 4.69) is 15.5 Å². The third-order valence-electron chi connectivity index (χ3n) is 2.54. The van der Waals surface area contributed by atoms with Gasteiger partial charge in [0.2, 0.25) is 0 Å². The van der Waals surface area contributed by atoms with Crippen molar-refractivity contribution in [2.24, 2.45) is 0 Å². The highest BCUT2D eigenvalue weighted by Gasteiger charge is 2.06. The van der Waals surface area contributed by atoms with Crippen LogP contribution in [-0.4, -0.2) is 29.3 Å². The van der Waals surface area contributed by atoms with Crippen LogP contribution in [0, 0.1) is 0 Å². The number of anilines is 1. The predicted octanol–water partition coefficient (Wildman–Crippen LogP) is 1.26. The van der Waals surface area contributed by atoms with Crippen molar-refractivity contribution in [3.05, 3.63) is 48.2 Å². The minimum Gasteiger partial charge on any atom is -0.494 e. The number of nitrogens with two attached hydrogens (primary N) is 1. The number of hydrogen-bond donors (Lipinski definition) is 2. The number of hydrogen-bond acceptors (Lipinski definition) is 5. The van der Waals surface area contributed by atoms with E-state index in [-0.39, 0.29) is 17.4 Å². The molecule has 0 aliphatic rings. The summed E-state index contributed by atoms with van der Waals surface area (Å²) in [6.07, 6.45) is 0.711. The molecule has 1 aromatic carbocycles. The summed E-state index contributed by atoms with van der Waals surface area (Å²) in [7, 11) is 0. The lowest BCUT2D eigenvalue weighted by molar-refractivity contribution is 0.0945. The van der Waals surface area contributed by atoms with E-state index in [0.717, 1.165) is 5.75 Å². The smallest absolute Gasteiger partial charge is 0.271 e. The van der Waals surface area contributed by atoms with Gasteiger partial charge in [0, 0.05) is 6.54 Å². The van der Waals surface area contributed by atoms with Crippen LogP contribution in [0.5, 0.6) is 5.75 Å². The maximum Gasteiger partial charge on any atom is 0.271 e. The van der Waals surface area contributed by atoms with Crippen molar-refractivity contribution in [3.8, 4) is 5.75 Å². The fourth-order valence-corrected chi connectivity index (χ4v) is 1.54. The van der Waals surface area contributed by atoms with Crippen LogP contribution < -0.4 is 15.8 Å². The number of ether oxygens (including phenoxy) is 1. The van der Waals surface area contributed by atoms with Crippen molar-refractivity contribution in [1.82, 2.24) is 15.5 Å². The van der Waals surface area contributed by atoms with Gasteiger partial charge in [-0.3, -0.25) is 4.79 Å². The Hall–Kier alpha value is -2.63. The van der Waals surface area contributed by atoms with Gasteiger partial charge in [-0.15, -0.1) is 10.2 Å². The molecule has 0 saturated heterocycles. The zero-order valence-electron chi connectivity index (χ0n) is 11.0. The van der Waals surface area contributed by atoms with Gasteiger partial charge in [0.05, 0.1) is 6.61 Å². The number of amides is 1. The minimum atomic E-state index is -0.266. The molecular weight excluding hydrogens is 256 g/mol. The Morgan fingerprint density at radius 1 is 1.15 bits per heavy atom. The molecule has 1 aromatic heterocycles. The highest BCUT2D eigenvalue weighted by Crippen LogP contribution is 2.08. The van der Waals surface area contributed by atoms with Crippen molar-refractivity contribution < 1.29 is 9.53 Å². The SMILES string of the molecule is Nc1ccc(C(=O)NCCCOc2ccccc2)nn1. The number of carbonyl (C=O) groups is 1. The number of nitrogens with zero attached hydrogens (tertiary/aromatic N) is 2. The molecule has 0 aliphatic heterocycles. The molecule has 0 fully saturated rings. The second kappa shape index (κ2) is 7.08. The Morgan fingerprint density at radius 2 is 1.95 bits per heavy atom. The Balaban J connectivity index is 1.66. The zero-order valence-corrected chi connectivity index (χ0v) is 11.0.